The fourth-order valence-corrected chi connectivity index (χ4v) is 3.58. The maximum atomic E-state index is 12.5. The van der Waals surface area contributed by atoms with Gasteiger partial charge < -0.3 is 5.32 Å². The van der Waals surface area contributed by atoms with E-state index in [1.165, 1.54) is 22.6 Å². The van der Waals surface area contributed by atoms with Gasteiger partial charge in [0.2, 0.25) is 0 Å². The largest absolute Gasteiger partial charge is 0.416 e. The van der Waals surface area contributed by atoms with Crippen molar-refractivity contribution in [3.05, 3.63) is 51.7 Å². The molecule has 1 aliphatic rings. The Labute approximate surface area is 119 Å². The zero-order valence-electron chi connectivity index (χ0n) is 10.7. The van der Waals surface area contributed by atoms with Crippen molar-refractivity contribution < 1.29 is 13.2 Å². The zero-order valence-corrected chi connectivity index (χ0v) is 11.5. The van der Waals surface area contributed by atoms with Gasteiger partial charge in [-0.1, -0.05) is 0 Å². The summed E-state index contributed by atoms with van der Waals surface area (Å²) in [6.45, 7) is 0. The smallest absolute Gasteiger partial charge is 0.378 e. The highest BCUT2D eigenvalue weighted by atomic mass is 32.1. The average Bonchev–Trinajstić information content (AvgIpc) is 2.88. The third-order valence-electron chi connectivity index (χ3n) is 3.61. The van der Waals surface area contributed by atoms with E-state index in [0.717, 1.165) is 37.1 Å². The number of halogens is 3. The van der Waals surface area contributed by atoms with E-state index in [2.05, 4.69) is 16.8 Å². The molecule has 1 unspecified atom stereocenters. The molecule has 0 bridgehead atoms. The summed E-state index contributed by atoms with van der Waals surface area (Å²) in [7, 11) is 0. The summed E-state index contributed by atoms with van der Waals surface area (Å²) in [4.78, 5) is 1.39. The summed E-state index contributed by atoms with van der Waals surface area (Å²) in [6.07, 6.45) is -1.03. The SMILES string of the molecule is FC(F)(F)c1ccc(NC2CCCc3sccc32)cc1. The molecule has 0 saturated heterocycles. The molecule has 1 heterocycles. The number of nitrogens with one attached hydrogen (secondary N) is 1. The molecule has 0 spiro atoms. The number of aryl methyl sites for hydroxylation is 1. The van der Waals surface area contributed by atoms with E-state index in [1.54, 1.807) is 11.3 Å². The highest BCUT2D eigenvalue weighted by molar-refractivity contribution is 7.10. The molecule has 20 heavy (non-hydrogen) atoms. The molecule has 2 aromatic rings. The van der Waals surface area contributed by atoms with E-state index in [1.807, 2.05) is 0 Å². The Kier molecular flexibility index (Phi) is 3.46. The molecule has 0 aliphatic heterocycles. The number of rotatable bonds is 2. The van der Waals surface area contributed by atoms with Crippen LogP contribution in [0.25, 0.3) is 0 Å². The fourth-order valence-electron chi connectivity index (χ4n) is 2.59. The standard InChI is InChI=1S/C15H14F3NS/c16-15(17,18)10-4-6-11(7-5-10)19-13-2-1-3-14-12(13)8-9-20-14/h4-9,13,19H,1-3H2. The van der Waals surface area contributed by atoms with Crippen LogP contribution in [-0.4, -0.2) is 0 Å². The lowest BCUT2D eigenvalue weighted by molar-refractivity contribution is -0.137. The van der Waals surface area contributed by atoms with Gasteiger partial charge in [0.25, 0.3) is 0 Å². The van der Waals surface area contributed by atoms with E-state index in [-0.39, 0.29) is 6.04 Å². The Morgan fingerprint density at radius 1 is 1.10 bits per heavy atom. The van der Waals surface area contributed by atoms with Crippen LogP contribution in [0.3, 0.4) is 0 Å². The Bertz CT molecular complexity index is 586. The molecular formula is C15H14F3NS. The van der Waals surface area contributed by atoms with Crippen LogP contribution in [0.4, 0.5) is 18.9 Å². The first-order valence-corrected chi connectivity index (χ1v) is 7.42. The van der Waals surface area contributed by atoms with Gasteiger partial charge in [-0.25, -0.2) is 0 Å². The molecule has 0 radical (unpaired) electrons. The van der Waals surface area contributed by atoms with E-state index in [4.69, 9.17) is 0 Å². The van der Waals surface area contributed by atoms with Gasteiger partial charge in [0, 0.05) is 10.6 Å². The normalized spacial score (nSPS) is 18.6. The number of anilines is 1. The fraction of sp³-hybridized carbons (Fsp3) is 0.333. The van der Waals surface area contributed by atoms with Crippen molar-refractivity contribution in [1.82, 2.24) is 0 Å². The average molecular weight is 297 g/mol. The molecule has 106 valence electrons. The van der Waals surface area contributed by atoms with Crippen LogP contribution in [0.15, 0.2) is 35.7 Å². The second-order valence-electron chi connectivity index (χ2n) is 4.96. The predicted molar refractivity (Wildman–Crippen MR) is 75.1 cm³/mol. The van der Waals surface area contributed by atoms with Gasteiger partial charge in [-0.15, -0.1) is 11.3 Å². The predicted octanol–water partition coefficient (Wildman–Crippen LogP) is 5.26. The summed E-state index contributed by atoms with van der Waals surface area (Å²) in [5.41, 5.74) is 1.42. The Morgan fingerprint density at radius 2 is 1.85 bits per heavy atom. The number of thiophene rings is 1. The van der Waals surface area contributed by atoms with Crippen LogP contribution in [0.2, 0.25) is 0 Å². The minimum atomic E-state index is -4.27. The molecule has 1 N–H and O–H groups in total. The number of alkyl halides is 3. The summed E-state index contributed by atoms with van der Waals surface area (Å²) in [6, 6.07) is 7.58. The van der Waals surface area contributed by atoms with Crippen molar-refractivity contribution in [1.29, 1.82) is 0 Å². The van der Waals surface area contributed by atoms with Crippen LogP contribution >= 0.6 is 11.3 Å². The van der Waals surface area contributed by atoms with Gasteiger partial charge in [-0.2, -0.15) is 13.2 Å². The van der Waals surface area contributed by atoms with Crippen LogP contribution in [0.5, 0.6) is 0 Å². The highest BCUT2D eigenvalue weighted by Gasteiger charge is 2.30. The van der Waals surface area contributed by atoms with Gasteiger partial charge in [0.15, 0.2) is 0 Å². The number of benzene rings is 1. The van der Waals surface area contributed by atoms with Crippen molar-refractivity contribution in [2.75, 3.05) is 5.32 Å². The maximum absolute atomic E-state index is 12.5. The number of hydrogen-bond acceptors (Lipinski definition) is 2. The Morgan fingerprint density at radius 3 is 2.55 bits per heavy atom. The molecule has 0 saturated carbocycles. The third-order valence-corrected chi connectivity index (χ3v) is 4.60. The van der Waals surface area contributed by atoms with Gasteiger partial charge in [0.1, 0.15) is 0 Å². The molecule has 5 heteroatoms. The van der Waals surface area contributed by atoms with Crippen molar-refractivity contribution in [2.45, 2.75) is 31.5 Å². The summed E-state index contributed by atoms with van der Waals surface area (Å²) < 4.78 is 37.5. The van der Waals surface area contributed by atoms with Gasteiger partial charge in [0.05, 0.1) is 11.6 Å². The van der Waals surface area contributed by atoms with E-state index < -0.39 is 11.7 Å². The minimum Gasteiger partial charge on any atom is -0.378 e. The molecule has 0 fully saturated rings. The first-order valence-electron chi connectivity index (χ1n) is 6.54. The third kappa shape index (κ3) is 2.68. The summed E-state index contributed by atoms with van der Waals surface area (Å²) in [5.74, 6) is 0. The van der Waals surface area contributed by atoms with E-state index >= 15 is 0 Å². The van der Waals surface area contributed by atoms with Crippen molar-refractivity contribution in [3.63, 3.8) is 0 Å². The molecule has 1 aromatic heterocycles. The summed E-state index contributed by atoms with van der Waals surface area (Å²) in [5, 5.41) is 5.42. The lowest BCUT2D eigenvalue weighted by atomic mass is 9.94. The van der Waals surface area contributed by atoms with Crippen LogP contribution in [0, 0.1) is 0 Å². The first kappa shape index (κ1) is 13.5. The second-order valence-corrected chi connectivity index (χ2v) is 5.96. The van der Waals surface area contributed by atoms with E-state index in [0.29, 0.717) is 0 Å². The second kappa shape index (κ2) is 5.13. The first-order chi connectivity index (χ1) is 9.54. The zero-order chi connectivity index (χ0) is 14.2. The molecule has 1 aromatic carbocycles. The molecule has 1 aliphatic carbocycles. The lowest BCUT2D eigenvalue weighted by Crippen LogP contribution is -2.15. The topological polar surface area (TPSA) is 12.0 Å². The lowest BCUT2D eigenvalue weighted by Gasteiger charge is -2.24. The van der Waals surface area contributed by atoms with Gasteiger partial charge >= 0.3 is 6.18 Å². The molecule has 1 atom stereocenters. The van der Waals surface area contributed by atoms with Crippen molar-refractivity contribution in [2.24, 2.45) is 0 Å². The monoisotopic (exact) mass is 297 g/mol. The Hall–Kier alpha value is -1.49. The van der Waals surface area contributed by atoms with Crippen molar-refractivity contribution in [3.8, 4) is 0 Å². The molecule has 1 nitrogen and oxygen atoms in total. The maximum Gasteiger partial charge on any atom is 0.416 e. The van der Waals surface area contributed by atoms with Gasteiger partial charge in [-0.05, 0) is 60.5 Å². The van der Waals surface area contributed by atoms with Crippen LogP contribution in [0.1, 0.15) is 34.9 Å². The molecule has 3 rings (SSSR count). The van der Waals surface area contributed by atoms with E-state index in [9.17, 15) is 13.2 Å². The molecular weight excluding hydrogens is 283 g/mol. The van der Waals surface area contributed by atoms with Crippen molar-refractivity contribution >= 4 is 17.0 Å². The summed E-state index contributed by atoms with van der Waals surface area (Å²) >= 11 is 1.76. The van der Waals surface area contributed by atoms with Crippen LogP contribution in [-0.2, 0) is 12.6 Å². The quantitative estimate of drug-likeness (QED) is 0.797. The number of fused-ring (bicyclic) bond motifs is 1. The Balaban J connectivity index is 1.77. The highest BCUT2D eigenvalue weighted by Crippen LogP contribution is 2.36. The number of hydrogen-bond donors (Lipinski definition) is 1. The molecule has 0 amide bonds. The van der Waals surface area contributed by atoms with Crippen LogP contribution < -0.4 is 5.32 Å². The minimum absolute atomic E-state index is 0.210. The van der Waals surface area contributed by atoms with Gasteiger partial charge in [-0.3, -0.25) is 0 Å².